The summed E-state index contributed by atoms with van der Waals surface area (Å²) in [5, 5.41) is 32.2. The van der Waals surface area contributed by atoms with Crippen LogP contribution in [0.2, 0.25) is 0 Å². The molecule has 6 heteroatoms. The van der Waals surface area contributed by atoms with Crippen LogP contribution >= 0.6 is 0 Å². The third kappa shape index (κ3) is 4.59. The van der Waals surface area contributed by atoms with Crippen LogP contribution in [0.4, 0.5) is 11.4 Å². The average molecular weight is 307 g/mol. The number of anilines is 2. The number of carbonyl (C=O) groups excluding carboxylic acids is 1. The number of rotatable bonds is 3. The van der Waals surface area contributed by atoms with E-state index in [1.165, 1.54) is 0 Å². The number of carbonyl (C=O) groups is 1. The number of nitrogens with zero attached hydrogens (tertiary/aromatic N) is 3. The Hall–Kier alpha value is -3.30. The first kappa shape index (κ1) is 17.8. The zero-order chi connectivity index (χ0) is 17.6. The summed E-state index contributed by atoms with van der Waals surface area (Å²) in [6.07, 6.45) is 0. The maximum atomic E-state index is 12.0. The van der Waals surface area contributed by atoms with Gasteiger partial charge in [-0.1, -0.05) is 20.8 Å². The maximum absolute atomic E-state index is 12.0. The summed E-state index contributed by atoms with van der Waals surface area (Å²) < 4.78 is 0. The van der Waals surface area contributed by atoms with Gasteiger partial charge < -0.3 is 10.6 Å². The van der Waals surface area contributed by atoms with Crippen LogP contribution in [-0.4, -0.2) is 5.91 Å². The van der Waals surface area contributed by atoms with Crippen molar-refractivity contribution in [2.75, 3.05) is 10.6 Å². The van der Waals surface area contributed by atoms with Crippen molar-refractivity contribution in [2.45, 2.75) is 27.7 Å². The Kier molecular flexibility index (Phi) is 5.49. The topological polar surface area (TPSA) is 112 Å². The van der Waals surface area contributed by atoms with Crippen LogP contribution in [0, 0.1) is 46.3 Å². The number of benzene rings is 1. The van der Waals surface area contributed by atoms with Gasteiger partial charge in [-0.15, -0.1) is 0 Å². The summed E-state index contributed by atoms with van der Waals surface area (Å²) in [4.78, 5) is 12.0. The van der Waals surface area contributed by atoms with Gasteiger partial charge >= 0.3 is 0 Å². The molecule has 0 aromatic heterocycles. The van der Waals surface area contributed by atoms with E-state index in [0.29, 0.717) is 11.4 Å². The Balaban J connectivity index is 3.05. The lowest BCUT2D eigenvalue weighted by Gasteiger charge is -2.19. The second-order valence-electron chi connectivity index (χ2n) is 5.94. The molecular formula is C17H17N5O. The van der Waals surface area contributed by atoms with Gasteiger partial charge in [-0.05, 0) is 30.7 Å². The molecule has 0 spiro atoms. The average Bonchev–Trinajstić information content (AvgIpc) is 2.48. The second-order valence-corrected chi connectivity index (χ2v) is 5.94. The quantitative estimate of drug-likeness (QED) is 0.832. The van der Waals surface area contributed by atoms with Crippen molar-refractivity contribution in [3.8, 4) is 18.2 Å². The lowest BCUT2D eigenvalue weighted by atomic mass is 9.95. The smallest absolute Gasteiger partial charge is 0.229 e. The first-order valence-electron chi connectivity index (χ1n) is 6.86. The van der Waals surface area contributed by atoms with Gasteiger partial charge in [0.25, 0.3) is 0 Å². The third-order valence-corrected chi connectivity index (χ3v) is 3.01. The predicted octanol–water partition coefficient (Wildman–Crippen LogP) is 3.22. The summed E-state index contributed by atoms with van der Waals surface area (Å²) in [5.41, 5.74) is 1.11. The molecule has 0 saturated carbocycles. The minimum Gasteiger partial charge on any atom is -0.345 e. The van der Waals surface area contributed by atoms with Crippen molar-refractivity contribution in [3.05, 3.63) is 35.0 Å². The largest absolute Gasteiger partial charge is 0.345 e. The normalized spacial score (nSPS) is 9.78. The number of hydrogen-bond donors (Lipinski definition) is 2. The highest BCUT2D eigenvalue weighted by Crippen LogP contribution is 2.24. The molecule has 2 N–H and O–H groups in total. The Morgan fingerprint density at radius 1 is 1.04 bits per heavy atom. The van der Waals surface area contributed by atoms with E-state index in [1.807, 2.05) is 27.7 Å². The minimum atomic E-state index is -0.505. The zero-order valence-corrected chi connectivity index (χ0v) is 13.5. The van der Waals surface area contributed by atoms with Crippen LogP contribution in [0.3, 0.4) is 0 Å². The van der Waals surface area contributed by atoms with Gasteiger partial charge in [0.05, 0.1) is 0 Å². The highest BCUT2D eigenvalue weighted by Gasteiger charge is 2.21. The van der Waals surface area contributed by atoms with Gasteiger partial charge in [0.1, 0.15) is 23.9 Å². The van der Waals surface area contributed by atoms with E-state index in [9.17, 15) is 4.79 Å². The highest BCUT2D eigenvalue weighted by molar-refractivity contribution is 5.95. The molecule has 0 unspecified atom stereocenters. The van der Waals surface area contributed by atoms with Crippen molar-refractivity contribution in [1.29, 1.82) is 15.8 Å². The van der Waals surface area contributed by atoms with E-state index < -0.39 is 5.41 Å². The first-order chi connectivity index (χ1) is 10.7. The molecule has 1 rings (SSSR count). The Morgan fingerprint density at radius 2 is 1.65 bits per heavy atom. The fourth-order valence-electron chi connectivity index (χ4n) is 1.62. The highest BCUT2D eigenvalue weighted by atomic mass is 16.2. The van der Waals surface area contributed by atoms with E-state index >= 15 is 0 Å². The molecule has 0 radical (unpaired) electrons. The lowest BCUT2D eigenvalue weighted by molar-refractivity contribution is -0.123. The van der Waals surface area contributed by atoms with Gasteiger partial charge in [0, 0.05) is 16.8 Å². The molecule has 0 heterocycles. The lowest BCUT2D eigenvalue weighted by Crippen LogP contribution is -2.27. The molecule has 0 aliphatic carbocycles. The third-order valence-electron chi connectivity index (χ3n) is 3.01. The molecule has 23 heavy (non-hydrogen) atoms. The molecular weight excluding hydrogens is 290 g/mol. The van der Waals surface area contributed by atoms with Crippen molar-refractivity contribution < 1.29 is 4.79 Å². The number of amides is 1. The molecule has 1 aromatic carbocycles. The zero-order valence-electron chi connectivity index (χ0n) is 13.5. The summed E-state index contributed by atoms with van der Waals surface area (Å²) in [6, 6.07) is 10.2. The fraction of sp³-hybridized carbons (Fsp3) is 0.294. The molecule has 0 aliphatic rings. The van der Waals surface area contributed by atoms with E-state index in [1.54, 1.807) is 36.4 Å². The van der Waals surface area contributed by atoms with Gasteiger partial charge in [-0.2, -0.15) is 15.8 Å². The van der Waals surface area contributed by atoms with Crippen molar-refractivity contribution in [2.24, 2.45) is 5.41 Å². The maximum Gasteiger partial charge on any atom is 0.229 e. The predicted molar refractivity (Wildman–Crippen MR) is 86.8 cm³/mol. The number of nitriles is 3. The minimum absolute atomic E-state index is 0.102. The van der Waals surface area contributed by atoms with Gasteiger partial charge in [0.15, 0.2) is 5.57 Å². The Labute approximate surface area is 135 Å². The summed E-state index contributed by atoms with van der Waals surface area (Å²) in [5.74, 6) is -0.102. The van der Waals surface area contributed by atoms with Gasteiger partial charge in [-0.25, -0.2) is 0 Å². The van der Waals surface area contributed by atoms with Crippen LogP contribution in [0.1, 0.15) is 26.3 Å². The van der Waals surface area contributed by atoms with Crippen molar-refractivity contribution in [3.63, 3.8) is 0 Å². The van der Waals surface area contributed by atoms with Crippen LogP contribution in [-0.2, 0) is 4.79 Å². The van der Waals surface area contributed by atoms with Crippen LogP contribution < -0.4 is 10.6 Å². The Bertz CT molecular complexity index is 763. The number of hydrogen-bond acceptors (Lipinski definition) is 5. The van der Waals surface area contributed by atoms with Gasteiger partial charge in [-0.3, -0.25) is 4.79 Å². The van der Waals surface area contributed by atoms with E-state index in [2.05, 4.69) is 10.6 Å². The van der Waals surface area contributed by atoms with Crippen LogP contribution in [0.25, 0.3) is 0 Å². The standard InChI is InChI=1S/C17H17N5O/c1-11-7-13(21-15(10-20)12(8-18)9-19)5-6-14(11)22-16(23)17(2,3)4/h5-7,21H,1-4H3,(H,22,23). The Morgan fingerprint density at radius 3 is 2.09 bits per heavy atom. The summed E-state index contributed by atoms with van der Waals surface area (Å²) in [6.45, 7) is 7.28. The van der Waals surface area contributed by atoms with Crippen molar-refractivity contribution in [1.82, 2.24) is 0 Å². The molecule has 0 atom stereocenters. The molecule has 0 aliphatic heterocycles. The van der Waals surface area contributed by atoms with Gasteiger partial charge in [0.2, 0.25) is 5.91 Å². The molecule has 116 valence electrons. The van der Waals surface area contributed by atoms with Crippen LogP contribution in [0.15, 0.2) is 29.5 Å². The monoisotopic (exact) mass is 307 g/mol. The van der Waals surface area contributed by atoms with Crippen LogP contribution in [0.5, 0.6) is 0 Å². The number of nitrogens with one attached hydrogen (secondary N) is 2. The molecule has 0 saturated heterocycles. The first-order valence-corrected chi connectivity index (χ1v) is 6.86. The number of allylic oxidation sites excluding steroid dienone is 2. The molecule has 0 fully saturated rings. The molecule has 1 amide bonds. The number of aryl methyl sites for hydroxylation is 1. The molecule has 1 aromatic rings. The molecule has 0 bridgehead atoms. The molecule has 6 nitrogen and oxygen atoms in total. The second kappa shape index (κ2) is 7.11. The summed E-state index contributed by atoms with van der Waals surface area (Å²) in [7, 11) is 0. The van der Waals surface area contributed by atoms with E-state index in [-0.39, 0.29) is 17.2 Å². The summed E-state index contributed by atoms with van der Waals surface area (Å²) >= 11 is 0. The SMILES string of the molecule is Cc1cc(NC(C#N)=C(C#N)C#N)ccc1NC(=O)C(C)(C)C. The fourth-order valence-corrected chi connectivity index (χ4v) is 1.62. The van der Waals surface area contributed by atoms with Crippen molar-refractivity contribution >= 4 is 17.3 Å². The van der Waals surface area contributed by atoms with E-state index in [0.717, 1.165) is 5.56 Å². The van der Waals surface area contributed by atoms with E-state index in [4.69, 9.17) is 15.8 Å².